The summed E-state index contributed by atoms with van der Waals surface area (Å²) in [6.07, 6.45) is 3.17. The second-order valence-corrected chi connectivity index (χ2v) is 9.72. The molecule has 1 fully saturated rings. The lowest BCUT2D eigenvalue weighted by molar-refractivity contribution is -0.145. The van der Waals surface area contributed by atoms with Gasteiger partial charge in [-0.3, -0.25) is 4.79 Å². The summed E-state index contributed by atoms with van der Waals surface area (Å²) < 4.78 is 30.8. The van der Waals surface area contributed by atoms with Crippen LogP contribution >= 0.6 is 0 Å². The van der Waals surface area contributed by atoms with Crippen molar-refractivity contribution in [2.75, 3.05) is 20.8 Å². The first-order valence-electron chi connectivity index (χ1n) is 12.3. The van der Waals surface area contributed by atoms with Crippen LogP contribution < -0.4 is 9.47 Å². The molecule has 5 rings (SSSR count). The minimum Gasteiger partial charge on any atom is -0.497 e. The first kappa shape index (κ1) is 23.4. The molecule has 182 valence electrons. The molecule has 3 atom stereocenters. The molecule has 0 radical (unpaired) electrons. The predicted octanol–water partition coefficient (Wildman–Crippen LogP) is 6.52. The molecular weight excluding hydrogens is 443 g/mol. The van der Waals surface area contributed by atoms with Crippen LogP contribution in [0.3, 0.4) is 0 Å². The molecule has 1 aliphatic carbocycles. The van der Waals surface area contributed by atoms with E-state index in [-0.39, 0.29) is 29.5 Å². The molecule has 0 N–H and O–H groups in total. The third kappa shape index (κ3) is 4.77. The lowest BCUT2D eigenvalue weighted by atomic mass is 9.81. The normalized spacial score (nSPS) is 18.7. The molecule has 5 heteroatoms. The zero-order valence-electron chi connectivity index (χ0n) is 20.4. The summed E-state index contributed by atoms with van der Waals surface area (Å²) in [6, 6.07) is 19.2. The number of carbonyl (C=O) groups is 1. The van der Waals surface area contributed by atoms with Gasteiger partial charge in [0.15, 0.2) is 0 Å². The van der Waals surface area contributed by atoms with E-state index in [0.29, 0.717) is 23.8 Å². The van der Waals surface area contributed by atoms with Gasteiger partial charge in [0.05, 0.1) is 26.7 Å². The lowest BCUT2D eigenvalue weighted by Crippen LogP contribution is -2.23. The molecular formula is C30H31FO4. The van der Waals surface area contributed by atoms with E-state index in [1.807, 2.05) is 19.1 Å². The molecule has 0 saturated heterocycles. The number of benzene rings is 3. The Morgan fingerprint density at radius 3 is 2.49 bits per heavy atom. The maximum Gasteiger partial charge on any atom is 0.309 e. The van der Waals surface area contributed by atoms with Gasteiger partial charge in [0.2, 0.25) is 0 Å². The Morgan fingerprint density at radius 2 is 1.80 bits per heavy atom. The lowest BCUT2D eigenvalue weighted by Gasteiger charge is -2.28. The average Bonchev–Trinajstić information content (AvgIpc) is 3.73. The summed E-state index contributed by atoms with van der Waals surface area (Å²) in [4.78, 5) is 12.3. The SMILES string of the molecule is COC(=O)[C@H](C)C(c1ccc2c(c1)CC(c1ccc(-c3cc(OC)ccc3F)cc1)CO2)C1CC1. The molecule has 0 amide bonds. The number of ether oxygens (including phenoxy) is 3. The van der Waals surface area contributed by atoms with Crippen molar-refractivity contribution in [3.8, 4) is 22.6 Å². The molecule has 35 heavy (non-hydrogen) atoms. The molecule has 0 bridgehead atoms. The predicted molar refractivity (Wildman–Crippen MR) is 133 cm³/mol. The number of fused-ring (bicyclic) bond motifs is 1. The number of carbonyl (C=O) groups excluding carboxylic acids is 1. The Hall–Kier alpha value is -3.34. The number of esters is 1. The first-order valence-corrected chi connectivity index (χ1v) is 12.3. The van der Waals surface area contributed by atoms with Gasteiger partial charge < -0.3 is 14.2 Å². The summed E-state index contributed by atoms with van der Waals surface area (Å²) in [7, 11) is 3.04. The van der Waals surface area contributed by atoms with E-state index in [2.05, 4.69) is 30.3 Å². The number of halogens is 1. The Labute approximate surface area is 206 Å². The zero-order valence-corrected chi connectivity index (χ0v) is 20.4. The molecule has 4 nitrogen and oxygen atoms in total. The second-order valence-electron chi connectivity index (χ2n) is 9.72. The first-order chi connectivity index (χ1) is 17.0. The third-order valence-electron chi connectivity index (χ3n) is 7.48. The van der Waals surface area contributed by atoms with E-state index in [4.69, 9.17) is 14.2 Å². The van der Waals surface area contributed by atoms with Crippen LogP contribution in [0.4, 0.5) is 4.39 Å². The molecule has 1 aliphatic heterocycles. The van der Waals surface area contributed by atoms with Crippen molar-refractivity contribution in [3.63, 3.8) is 0 Å². The second kappa shape index (κ2) is 9.73. The fourth-order valence-corrected chi connectivity index (χ4v) is 5.38. The summed E-state index contributed by atoms with van der Waals surface area (Å²) >= 11 is 0. The summed E-state index contributed by atoms with van der Waals surface area (Å²) in [6.45, 7) is 2.57. The Balaban J connectivity index is 1.37. The van der Waals surface area contributed by atoms with Gasteiger partial charge in [0.1, 0.15) is 17.3 Å². The van der Waals surface area contributed by atoms with E-state index in [0.717, 1.165) is 36.1 Å². The fraction of sp³-hybridized carbons (Fsp3) is 0.367. The van der Waals surface area contributed by atoms with Gasteiger partial charge in [0.25, 0.3) is 0 Å². The molecule has 0 aromatic heterocycles. The van der Waals surface area contributed by atoms with Crippen LogP contribution in [0.2, 0.25) is 0 Å². The van der Waals surface area contributed by atoms with Crippen LogP contribution in [0, 0.1) is 17.7 Å². The van der Waals surface area contributed by atoms with Gasteiger partial charge in [-0.05, 0) is 77.6 Å². The molecule has 2 unspecified atom stereocenters. The minimum atomic E-state index is -0.271. The minimum absolute atomic E-state index is 0.152. The number of hydrogen-bond donors (Lipinski definition) is 0. The third-order valence-corrected chi connectivity index (χ3v) is 7.48. The maximum atomic E-state index is 14.4. The molecule has 1 heterocycles. The fourth-order valence-electron chi connectivity index (χ4n) is 5.38. The van der Waals surface area contributed by atoms with E-state index < -0.39 is 0 Å². The van der Waals surface area contributed by atoms with Crippen LogP contribution in [0.25, 0.3) is 11.1 Å². The van der Waals surface area contributed by atoms with Crippen LogP contribution in [-0.4, -0.2) is 26.8 Å². The maximum absolute atomic E-state index is 14.4. The zero-order chi connectivity index (χ0) is 24.5. The summed E-state index contributed by atoms with van der Waals surface area (Å²) in [5.41, 5.74) is 4.86. The van der Waals surface area contributed by atoms with Crippen molar-refractivity contribution in [3.05, 3.63) is 83.2 Å². The average molecular weight is 475 g/mol. The number of methoxy groups -OCH3 is 2. The number of hydrogen-bond acceptors (Lipinski definition) is 4. The molecule has 3 aromatic carbocycles. The summed E-state index contributed by atoms with van der Waals surface area (Å²) in [5, 5.41) is 0. The van der Waals surface area contributed by atoms with Crippen molar-refractivity contribution in [1.82, 2.24) is 0 Å². The monoisotopic (exact) mass is 474 g/mol. The van der Waals surface area contributed by atoms with Crippen molar-refractivity contribution >= 4 is 5.97 Å². The quantitative estimate of drug-likeness (QED) is 0.366. The van der Waals surface area contributed by atoms with Crippen LogP contribution in [0.5, 0.6) is 11.5 Å². The van der Waals surface area contributed by atoms with Crippen molar-refractivity contribution in [1.29, 1.82) is 0 Å². The smallest absolute Gasteiger partial charge is 0.309 e. The highest BCUT2D eigenvalue weighted by Crippen LogP contribution is 2.48. The number of rotatable bonds is 7. The van der Waals surface area contributed by atoms with Gasteiger partial charge in [0, 0.05) is 11.5 Å². The highest BCUT2D eigenvalue weighted by atomic mass is 19.1. The largest absolute Gasteiger partial charge is 0.497 e. The van der Waals surface area contributed by atoms with E-state index in [9.17, 15) is 9.18 Å². The highest BCUT2D eigenvalue weighted by molar-refractivity contribution is 5.73. The standard InChI is InChI=1S/C30H31FO4/c1-18(30(32)34-3)29(21-8-9-21)22-10-13-28-23(14-22)15-24(17-35-28)19-4-6-20(7-5-19)26-16-25(33-2)11-12-27(26)31/h4-7,10-14,16,18,21,24,29H,8-9,15,17H2,1-3H3/t18-,24?,29?/m1/s1. The van der Waals surface area contributed by atoms with Gasteiger partial charge in [-0.15, -0.1) is 0 Å². The highest BCUT2D eigenvalue weighted by Gasteiger charge is 2.39. The summed E-state index contributed by atoms with van der Waals surface area (Å²) in [5.74, 6) is 1.87. The molecule has 2 aliphatic rings. The van der Waals surface area contributed by atoms with Crippen LogP contribution in [0.1, 0.15) is 48.3 Å². The van der Waals surface area contributed by atoms with Gasteiger partial charge >= 0.3 is 5.97 Å². The van der Waals surface area contributed by atoms with E-state index >= 15 is 0 Å². The van der Waals surface area contributed by atoms with Gasteiger partial charge in [-0.1, -0.05) is 43.3 Å². The topological polar surface area (TPSA) is 44.8 Å². The Kier molecular flexibility index (Phi) is 6.50. The van der Waals surface area contributed by atoms with E-state index in [1.54, 1.807) is 19.2 Å². The molecule has 0 spiro atoms. The van der Waals surface area contributed by atoms with Crippen LogP contribution in [0.15, 0.2) is 60.7 Å². The Bertz CT molecular complexity index is 1220. The van der Waals surface area contributed by atoms with Gasteiger partial charge in [-0.2, -0.15) is 0 Å². The van der Waals surface area contributed by atoms with Crippen molar-refractivity contribution in [2.24, 2.45) is 11.8 Å². The molecule has 1 saturated carbocycles. The van der Waals surface area contributed by atoms with Crippen molar-refractivity contribution in [2.45, 2.75) is 38.0 Å². The van der Waals surface area contributed by atoms with Crippen LogP contribution in [-0.2, 0) is 16.0 Å². The molecule has 3 aromatic rings. The van der Waals surface area contributed by atoms with Crippen molar-refractivity contribution < 1.29 is 23.4 Å². The Morgan fingerprint density at radius 1 is 1.03 bits per heavy atom. The van der Waals surface area contributed by atoms with E-state index in [1.165, 1.54) is 24.3 Å². The van der Waals surface area contributed by atoms with Gasteiger partial charge in [-0.25, -0.2) is 4.39 Å².